The van der Waals surface area contributed by atoms with Crippen molar-refractivity contribution in [3.8, 4) is 0 Å². The maximum Gasteiger partial charge on any atom is 0.416 e. The topological polar surface area (TPSA) is 37.4 Å². The van der Waals surface area contributed by atoms with E-state index in [1.807, 2.05) is 0 Å². The summed E-state index contributed by atoms with van der Waals surface area (Å²) >= 11 is 6.17. The maximum absolute atomic E-state index is 13.3. The fourth-order valence-corrected chi connectivity index (χ4v) is 4.31. The van der Waals surface area contributed by atoms with Gasteiger partial charge in [-0.2, -0.15) is 13.2 Å². The van der Waals surface area contributed by atoms with Crippen LogP contribution in [0.4, 0.5) is 23.2 Å². The average Bonchev–Trinajstić information content (AvgIpc) is 2.68. The Morgan fingerprint density at radius 1 is 1.00 bits per heavy atom. The van der Waals surface area contributed by atoms with Crippen molar-refractivity contribution in [2.45, 2.75) is 37.8 Å². The number of Topliss-reactive ketones (excluding diaryl/α,β-unsaturated/α-hetero) is 1. The van der Waals surface area contributed by atoms with Crippen LogP contribution in [0.15, 0.2) is 53.7 Å². The van der Waals surface area contributed by atoms with Gasteiger partial charge in [-0.05, 0) is 48.7 Å². The predicted molar refractivity (Wildman–Crippen MR) is 104 cm³/mol. The molecule has 0 fully saturated rings. The molecular formula is C22H16ClF4NO2. The number of rotatable bonds is 2. The summed E-state index contributed by atoms with van der Waals surface area (Å²) in [4.78, 5) is 27.0. The van der Waals surface area contributed by atoms with E-state index in [9.17, 15) is 27.2 Å². The molecule has 1 aliphatic heterocycles. The monoisotopic (exact) mass is 437 g/mol. The number of benzene rings is 2. The van der Waals surface area contributed by atoms with E-state index >= 15 is 0 Å². The third kappa shape index (κ3) is 3.62. The molecule has 3 nitrogen and oxygen atoms in total. The summed E-state index contributed by atoms with van der Waals surface area (Å²) < 4.78 is 53.0. The van der Waals surface area contributed by atoms with Gasteiger partial charge in [0.15, 0.2) is 5.78 Å². The van der Waals surface area contributed by atoms with Gasteiger partial charge in [0.05, 0.1) is 16.3 Å². The molecule has 0 saturated carbocycles. The third-order valence-electron chi connectivity index (χ3n) is 5.46. The normalized spacial score (nSPS) is 19.9. The van der Waals surface area contributed by atoms with Crippen LogP contribution in [-0.2, 0) is 15.8 Å². The molecule has 0 aromatic heterocycles. The first-order chi connectivity index (χ1) is 14.2. The Hall–Kier alpha value is -2.67. The molecule has 8 heteroatoms. The fraction of sp³-hybridized carbons (Fsp3) is 0.273. The third-order valence-corrected chi connectivity index (χ3v) is 5.78. The summed E-state index contributed by atoms with van der Waals surface area (Å²) in [7, 11) is 0. The number of allylic oxidation sites excluding steroid dienone is 2. The minimum absolute atomic E-state index is 0.0125. The van der Waals surface area contributed by atoms with Crippen molar-refractivity contribution in [2.24, 2.45) is 0 Å². The first-order valence-electron chi connectivity index (χ1n) is 9.38. The van der Waals surface area contributed by atoms with Crippen molar-refractivity contribution >= 4 is 29.0 Å². The number of hydrogen-bond donors (Lipinski definition) is 0. The number of carbonyl (C=O) groups is 2. The first-order valence-corrected chi connectivity index (χ1v) is 9.76. The number of nitrogens with zero attached hydrogens (tertiary/aromatic N) is 1. The van der Waals surface area contributed by atoms with Crippen LogP contribution >= 0.6 is 11.6 Å². The zero-order valence-electron chi connectivity index (χ0n) is 15.6. The Morgan fingerprint density at radius 2 is 1.70 bits per heavy atom. The summed E-state index contributed by atoms with van der Waals surface area (Å²) in [5.41, 5.74) is 0.358. The second kappa shape index (κ2) is 7.54. The zero-order chi connectivity index (χ0) is 21.6. The summed E-state index contributed by atoms with van der Waals surface area (Å²) in [6.45, 7) is 0. The van der Waals surface area contributed by atoms with Crippen LogP contribution in [0.3, 0.4) is 0 Å². The number of halogens is 5. The summed E-state index contributed by atoms with van der Waals surface area (Å²) in [5.74, 6) is -1.63. The summed E-state index contributed by atoms with van der Waals surface area (Å²) in [6, 6.07) is 8.33. The molecule has 2 aromatic carbocycles. The van der Waals surface area contributed by atoms with Crippen LogP contribution in [0.25, 0.3) is 0 Å². The molecule has 1 atom stereocenters. The lowest BCUT2D eigenvalue weighted by molar-refractivity contribution is -0.137. The lowest BCUT2D eigenvalue weighted by Crippen LogP contribution is -2.40. The molecule has 2 aliphatic rings. The van der Waals surface area contributed by atoms with Crippen LogP contribution in [0.5, 0.6) is 0 Å². The molecule has 156 valence electrons. The Kier molecular flexibility index (Phi) is 5.18. The van der Waals surface area contributed by atoms with Gasteiger partial charge < -0.3 is 0 Å². The molecule has 0 radical (unpaired) electrons. The molecule has 0 saturated heterocycles. The molecule has 30 heavy (non-hydrogen) atoms. The number of ketones is 1. The van der Waals surface area contributed by atoms with Gasteiger partial charge in [-0.1, -0.05) is 23.7 Å². The standard InChI is InChI=1S/C22H16ClF4NO2/c23-16-9-6-13(22(25,26)27)10-18(16)28-17-2-1-3-19(29)21(17)15(11-20(28)30)12-4-7-14(24)8-5-12/h4-10,15H,1-3,11H2. The zero-order valence-corrected chi connectivity index (χ0v) is 16.4. The quantitative estimate of drug-likeness (QED) is 0.538. The highest BCUT2D eigenvalue weighted by molar-refractivity contribution is 6.34. The van der Waals surface area contributed by atoms with Crippen molar-refractivity contribution in [2.75, 3.05) is 4.90 Å². The van der Waals surface area contributed by atoms with E-state index in [1.54, 1.807) is 0 Å². The Bertz CT molecular complexity index is 1060. The molecule has 1 unspecified atom stereocenters. The summed E-state index contributed by atoms with van der Waals surface area (Å²) in [5, 5.41) is -0.0125. The lowest BCUT2D eigenvalue weighted by Gasteiger charge is -2.38. The van der Waals surface area contributed by atoms with E-state index in [2.05, 4.69) is 0 Å². The molecule has 0 bridgehead atoms. The van der Waals surface area contributed by atoms with E-state index in [1.165, 1.54) is 24.3 Å². The maximum atomic E-state index is 13.3. The second-order valence-corrected chi connectivity index (χ2v) is 7.75. The predicted octanol–water partition coefficient (Wildman–Crippen LogP) is 6.03. The van der Waals surface area contributed by atoms with Crippen LogP contribution in [-0.4, -0.2) is 11.7 Å². The van der Waals surface area contributed by atoms with Crippen molar-refractivity contribution in [1.29, 1.82) is 0 Å². The lowest BCUT2D eigenvalue weighted by atomic mass is 9.77. The molecule has 0 spiro atoms. The van der Waals surface area contributed by atoms with E-state index in [4.69, 9.17) is 11.6 Å². The van der Waals surface area contributed by atoms with Crippen LogP contribution in [0.2, 0.25) is 5.02 Å². The average molecular weight is 438 g/mol. The van der Waals surface area contributed by atoms with Crippen molar-refractivity contribution < 1.29 is 27.2 Å². The minimum atomic E-state index is -4.60. The number of carbonyl (C=O) groups excluding carboxylic acids is 2. The molecule has 1 aliphatic carbocycles. The smallest absolute Gasteiger partial charge is 0.294 e. The van der Waals surface area contributed by atoms with Gasteiger partial charge in [0.25, 0.3) is 0 Å². The van der Waals surface area contributed by atoms with Gasteiger partial charge in [-0.3, -0.25) is 14.5 Å². The van der Waals surface area contributed by atoms with Crippen LogP contribution in [0.1, 0.15) is 42.7 Å². The molecule has 1 heterocycles. The number of anilines is 1. The minimum Gasteiger partial charge on any atom is -0.294 e. The fourth-order valence-electron chi connectivity index (χ4n) is 4.11. The number of hydrogen-bond acceptors (Lipinski definition) is 2. The van der Waals surface area contributed by atoms with Gasteiger partial charge in [0.1, 0.15) is 5.82 Å². The van der Waals surface area contributed by atoms with Gasteiger partial charge in [-0.15, -0.1) is 0 Å². The van der Waals surface area contributed by atoms with E-state index in [0.717, 1.165) is 23.1 Å². The highest BCUT2D eigenvalue weighted by Gasteiger charge is 2.41. The van der Waals surface area contributed by atoms with Gasteiger partial charge >= 0.3 is 6.18 Å². The molecular weight excluding hydrogens is 422 g/mol. The van der Waals surface area contributed by atoms with Gasteiger partial charge in [0.2, 0.25) is 5.91 Å². The largest absolute Gasteiger partial charge is 0.416 e. The highest BCUT2D eigenvalue weighted by Crippen LogP contribution is 2.45. The Morgan fingerprint density at radius 3 is 2.37 bits per heavy atom. The number of alkyl halides is 3. The van der Waals surface area contributed by atoms with E-state index < -0.39 is 29.4 Å². The molecule has 1 amide bonds. The SMILES string of the molecule is O=C1CCCC2=C1C(c1ccc(F)cc1)CC(=O)N2c1cc(C(F)(F)F)ccc1Cl. The Labute approximate surface area is 174 Å². The van der Waals surface area contributed by atoms with Crippen LogP contribution < -0.4 is 4.90 Å². The molecule has 2 aromatic rings. The highest BCUT2D eigenvalue weighted by atomic mass is 35.5. The van der Waals surface area contributed by atoms with Crippen molar-refractivity contribution in [3.63, 3.8) is 0 Å². The molecule has 0 N–H and O–H groups in total. The molecule has 4 rings (SSSR count). The van der Waals surface area contributed by atoms with Crippen molar-refractivity contribution in [1.82, 2.24) is 0 Å². The first kappa shape index (κ1) is 20.6. The second-order valence-electron chi connectivity index (χ2n) is 7.34. The van der Waals surface area contributed by atoms with E-state index in [0.29, 0.717) is 29.7 Å². The summed E-state index contributed by atoms with van der Waals surface area (Å²) in [6.07, 6.45) is -3.60. The van der Waals surface area contributed by atoms with E-state index in [-0.39, 0.29) is 29.3 Å². The number of amides is 1. The van der Waals surface area contributed by atoms with Crippen LogP contribution in [0, 0.1) is 5.82 Å². The Balaban J connectivity index is 1.88. The van der Waals surface area contributed by atoms with Gasteiger partial charge in [-0.25, -0.2) is 4.39 Å². The van der Waals surface area contributed by atoms with Crippen molar-refractivity contribution in [3.05, 3.63) is 75.7 Å². The van der Waals surface area contributed by atoms with Gasteiger partial charge in [0, 0.05) is 30.0 Å².